The summed E-state index contributed by atoms with van der Waals surface area (Å²) in [6, 6.07) is 16.0. The Labute approximate surface area is 212 Å². The Balaban J connectivity index is 1.35. The monoisotopic (exact) mass is 507 g/mol. The zero-order chi connectivity index (χ0) is 25.1. The van der Waals surface area contributed by atoms with Crippen molar-refractivity contribution in [1.82, 2.24) is 4.98 Å². The van der Waals surface area contributed by atoms with Crippen molar-refractivity contribution in [2.75, 3.05) is 33.5 Å². The van der Waals surface area contributed by atoms with Gasteiger partial charge in [0.1, 0.15) is 12.4 Å². The predicted molar refractivity (Wildman–Crippen MR) is 137 cm³/mol. The summed E-state index contributed by atoms with van der Waals surface area (Å²) in [6.07, 6.45) is 0.911. The van der Waals surface area contributed by atoms with Crippen LogP contribution < -0.4 is 9.47 Å². The number of hydrogen-bond donors (Lipinski definition) is 1. The molecule has 6 nitrogen and oxygen atoms in total. The molecule has 0 unspecified atom stereocenters. The molecule has 1 aliphatic heterocycles. The summed E-state index contributed by atoms with van der Waals surface area (Å²) in [4.78, 5) is 18.0. The van der Waals surface area contributed by atoms with Gasteiger partial charge in [-0.25, -0.2) is 4.39 Å². The Kier molecular flexibility index (Phi) is 7.00. The van der Waals surface area contributed by atoms with E-state index < -0.39 is 0 Å². The maximum Gasteiger partial charge on any atom is 0.163 e. The first-order chi connectivity index (χ1) is 17.5. The predicted octanol–water partition coefficient (Wildman–Crippen LogP) is 5.41. The molecule has 2 aromatic carbocycles. The van der Waals surface area contributed by atoms with E-state index in [4.69, 9.17) is 24.3 Å². The van der Waals surface area contributed by atoms with Crippen molar-refractivity contribution >= 4 is 27.2 Å². The number of ether oxygens (including phenoxy) is 3. The van der Waals surface area contributed by atoms with E-state index in [2.05, 4.69) is 0 Å². The van der Waals surface area contributed by atoms with Crippen LogP contribution in [0.25, 0.3) is 21.3 Å². The normalized spacial score (nSPS) is 14.4. The van der Waals surface area contributed by atoms with Gasteiger partial charge in [0.15, 0.2) is 17.3 Å². The van der Waals surface area contributed by atoms with Crippen LogP contribution in [0.5, 0.6) is 11.5 Å². The molecule has 5 rings (SSSR count). The summed E-state index contributed by atoms with van der Waals surface area (Å²) in [5.41, 5.74) is 2.74. The number of Topliss-reactive ketones (excluding diaryl/α,β-unsaturated/α-hetero) is 1. The first-order valence-corrected chi connectivity index (χ1v) is 12.6. The number of halogens is 1. The smallest absolute Gasteiger partial charge is 0.163 e. The van der Waals surface area contributed by atoms with E-state index in [0.29, 0.717) is 47.8 Å². The summed E-state index contributed by atoms with van der Waals surface area (Å²) < 4.78 is 31.2. The number of nitrogens with zero attached hydrogens (tertiary/aromatic N) is 1. The minimum Gasteiger partial charge on any atom is -0.493 e. The van der Waals surface area contributed by atoms with Crippen LogP contribution in [0.1, 0.15) is 28.9 Å². The molecule has 0 spiro atoms. The number of ketones is 1. The summed E-state index contributed by atoms with van der Waals surface area (Å²) in [5, 5.41) is 11.8. The SMILES string of the molecule is COc1cc(C(=O)CCC2(c3cccc(-c4csc5c(F)cccc45)n3)COC2)ccc1OCCO. The van der Waals surface area contributed by atoms with Crippen molar-refractivity contribution in [1.29, 1.82) is 0 Å². The van der Waals surface area contributed by atoms with Gasteiger partial charge in [0.05, 0.1) is 48.4 Å². The molecule has 0 bridgehead atoms. The van der Waals surface area contributed by atoms with E-state index in [-0.39, 0.29) is 30.2 Å². The van der Waals surface area contributed by atoms with Crippen LogP contribution in [0.4, 0.5) is 4.39 Å². The molecular weight excluding hydrogens is 481 g/mol. The van der Waals surface area contributed by atoms with Crippen LogP contribution in [-0.4, -0.2) is 49.4 Å². The number of carbonyl (C=O) groups is 1. The number of aromatic nitrogens is 1. The molecule has 0 saturated carbocycles. The van der Waals surface area contributed by atoms with Gasteiger partial charge >= 0.3 is 0 Å². The molecule has 0 amide bonds. The highest BCUT2D eigenvalue weighted by molar-refractivity contribution is 7.17. The molecule has 186 valence electrons. The molecule has 1 saturated heterocycles. The number of fused-ring (bicyclic) bond motifs is 1. The Morgan fingerprint density at radius 3 is 2.75 bits per heavy atom. The second kappa shape index (κ2) is 10.3. The van der Waals surface area contributed by atoms with E-state index in [1.54, 1.807) is 24.3 Å². The van der Waals surface area contributed by atoms with Gasteiger partial charge < -0.3 is 19.3 Å². The number of carbonyl (C=O) groups excluding carboxylic acids is 1. The third-order valence-electron chi connectivity index (χ3n) is 6.54. The van der Waals surface area contributed by atoms with E-state index in [1.165, 1.54) is 24.5 Å². The van der Waals surface area contributed by atoms with Crippen molar-refractivity contribution in [2.24, 2.45) is 0 Å². The second-order valence-corrected chi connectivity index (χ2v) is 9.69. The van der Waals surface area contributed by atoms with Crippen LogP contribution in [0.2, 0.25) is 0 Å². The minimum atomic E-state index is -0.350. The Bertz CT molecular complexity index is 1400. The highest BCUT2D eigenvalue weighted by Crippen LogP contribution is 2.39. The number of thiophene rings is 1. The first-order valence-electron chi connectivity index (χ1n) is 11.7. The third kappa shape index (κ3) is 4.59. The van der Waals surface area contributed by atoms with Crippen molar-refractivity contribution in [3.63, 3.8) is 0 Å². The van der Waals surface area contributed by atoms with Crippen molar-refractivity contribution < 1.29 is 28.5 Å². The molecule has 0 atom stereocenters. The minimum absolute atomic E-state index is 0.0104. The molecule has 1 aliphatic rings. The van der Waals surface area contributed by atoms with Gasteiger partial charge in [0.25, 0.3) is 0 Å². The third-order valence-corrected chi connectivity index (χ3v) is 7.55. The average Bonchev–Trinajstić information content (AvgIpc) is 3.32. The summed E-state index contributed by atoms with van der Waals surface area (Å²) >= 11 is 1.37. The van der Waals surface area contributed by atoms with Gasteiger partial charge in [-0.3, -0.25) is 9.78 Å². The van der Waals surface area contributed by atoms with Crippen molar-refractivity contribution in [3.05, 3.63) is 77.1 Å². The molecule has 36 heavy (non-hydrogen) atoms. The van der Waals surface area contributed by atoms with E-state index in [9.17, 15) is 9.18 Å². The summed E-state index contributed by atoms with van der Waals surface area (Å²) in [7, 11) is 1.51. The van der Waals surface area contributed by atoms with Crippen LogP contribution in [0.15, 0.2) is 60.0 Å². The topological polar surface area (TPSA) is 77.9 Å². The highest BCUT2D eigenvalue weighted by Gasteiger charge is 2.42. The Morgan fingerprint density at radius 1 is 1.17 bits per heavy atom. The number of pyridine rings is 1. The van der Waals surface area contributed by atoms with E-state index in [1.807, 2.05) is 29.6 Å². The molecule has 8 heteroatoms. The van der Waals surface area contributed by atoms with Gasteiger partial charge in [-0.05, 0) is 42.8 Å². The molecule has 0 aliphatic carbocycles. The molecular formula is C28H26FNO5S. The van der Waals surface area contributed by atoms with Gasteiger partial charge in [-0.15, -0.1) is 11.3 Å². The van der Waals surface area contributed by atoms with Crippen LogP contribution >= 0.6 is 11.3 Å². The first kappa shape index (κ1) is 24.4. The number of aliphatic hydroxyl groups excluding tert-OH is 1. The molecule has 0 radical (unpaired) electrons. The fourth-order valence-electron chi connectivity index (χ4n) is 4.48. The second-order valence-electron chi connectivity index (χ2n) is 8.81. The lowest BCUT2D eigenvalue weighted by Gasteiger charge is -2.41. The largest absolute Gasteiger partial charge is 0.493 e. The fraction of sp³-hybridized carbons (Fsp3) is 0.286. The zero-order valence-corrected chi connectivity index (χ0v) is 20.6. The Hall–Kier alpha value is -3.33. The lowest BCUT2D eigenvalue weighted by molar-refractivity contribution is -0.0662. The van der Waals surface area contributed by atoms with Crippen LogP contribution in [0, 0.1) is 5.82 Å². The quantitative estimate of drug-likeness (QED) is 0.289. The number of rotatable bonds is 10. The molecule has 1 N–H and O–H groups in total. The van der Waals surface area contributed by atoms with Crippen molar-refractivity contribution in [3.8, 4) is 22.8 Å². The standard InChI is InChI=1S/C28H26FNO5S/c1-33-25-14-18(8-9-24(25)35-13-12-31)23(32)10-11-28(16-34-17-28)26-7-3-6-22(30-26)20-15-36-27-19(20)4-2-5-21(27)29/h2-9,14-15,31H,10-13,16-17H2,1H3. The lowest BCUT2D eigenvalue weighted by Crippen LogP contribution is -2.47. The molecule has 1 fully saturated rings. The lowest BCUT2D eigenvalue weighted by atomic mass is 9.77. The van der Waals surface area contributed by atoms with E-state index >= 15 is 0 Å². The average molecular weight is 508 g/mol. The van der Waals surface area contributed by atoms with Gasteiger partial charge in [0.2, 0.25) is 0 Å². The van der Waals surface area contributed by atoms with Gasteiger partial charge in [-0.2, -0.15) is 0 Å². The highest BCUT2D eigenvalue weighted by atomic mass is 32.1. The van der Waals surface area contributed by atoms with Crippen LogP contribution in [-0.2, 0) is 10.2 Å². The number of hydrogen-bond acceptors (Lipinski definition) is 7. The van der Waals surface area contributed by atoms with Gasteiger partial charge in [-0.1, -0.05) is 18.2 Å². The summed E-state index contributed by atoms with van der Waals surface area (Å²) in [5.74, 6) is 0.689. The number of aliphatic hydroxyl groups is 1. The zero-order valence-electron chi connectivity index (χ0n) is 19.8. The Morgan fingerprint density at radius 2 is 2.00 bits per heavy atom. The van der Waals surface area contributed by atoms with Crippen molar-refractivity contribution in [2.45, 2.75) is 18.3 Å². The fourth-order valence-corrected chi connectivity index (χ4v) is 5.45. The molecule has 2 aromatic heterocycles. The van der Waals surface area contributed by atoms with E-state index in [0.717, 1.165) is 22.3 Å². The van der Waals surface area contributed by atoms with Gasteiger partial charge in [0, 0.05) is 28.3 Å². The number of benzene rings is 2. The number of methoxy groups -OCH3 is 1. The maximum atomic E-state index is 14.2. The summed E-state index contributed by atoms with van der Waals surface area (Å²) in [6.45, 7) is 1.02. The van der Waals surface area contributed by atoms with Crippen LogP contribution in [0.3, 0.4) is 0 Å². The maximum absolute atomic E-state index is 14.2. The molecule has 4 aromatic rings. The molecule has 3 heterocycles.